The molecule has 2 heteroatoms. The van der Waals surface area contributed by atoms with Gasteiger partial charge in [-0.05, 0) is 26.4 Å². The van der Waals surface area contributed by atoms with Crippen LogP contribution in [0, 0.1) is 0 Å². The normalized spacial score (nSPS) is 28.3. The first-order chi connectivity index (χ1) is 4.43. The highest BCUT2D eigenvalue weighted by molar-refractivity contribution is 4.72. The van der Waals surface area contributed by atoms with E-state index in [0.29, 0.717) is 0 Å². The van der Waals surface area contributed by atoms with Gasteiger partial charge in [0.15, 0.2) is 0 Å². The van der Waals surface area contributed by atoms with Crippen LogP contribution in [0.1, 0.15) is 19.3 Å². The first-order valence-electron chi connectivity index (χ1n) is 3.81. The maximum absolute atomic E-state index is 3.46. The van der Waals surface area contributed by atoms with Crippen LogP contribution in [0.2, 0.25) is 0 Å². The molecule has 1 atom stereocenters. The summed E-state index contributed by atoms with van der Waals surface area (Å²) in [6, 6.07) is 0.740. The van der Waals surface area contributed by atoms with Crippen molar-refractivity contribution in [3.05, 3.63) is 0 Å². The van der Waals surface area contributed by atoms with Gasteiger partial charge < -0.3 is 10.6 Å². The van der Waals surface area contributed by atoms with Gasteiger partial charge in [0.25, 0.3) is 0 Å². The zero-order chi connectivity index (χ0) is 6.53. The van der Waals surface area contributed by atoms with E-state index in [4.69, 9.17) is 0 Å². The van der Waals surface area contributed by atoms with Crippen molar-refractivity contribution >= 4 is 0 Å². The van der Waals surface area contributed by atoms with Gasteiger partial charge in [-0.15, -0.1) is 0 Å². The van der Waals surface area contributed by atoms with Crippen LogP contribution in [0.25, 0.3) is 0 Å². The van der Waals surface area contributed by atoms with Gasteiger partial charge in [0.1, 0.15) is 0 Å². The van der Waals surface area contributed by atoms with Crippen molar-refractivity contribution in [3.8, 4) is 0 Å². The minimum absolute atomic E-state index is 0.740. The summed E-state index contributed by atoms with van der Waals surface area (Å²) in [5, 5.41) is 6.63. The lowest BCUT2D eigenvalue weighted by Crippen LogP contribution is -2.40. The number of likely N-dealkylation sites (N-methyl/N-ethyl adjacent to an activating group) is 1. The quantitative estimate of drug-likeness (QED) is 0.560. The Morgan fingerprint density at radius 2 is 2.44 bits per heavy atom. The average molecular weight is 128 g/mol. The Morgan fingerprint density at radius 1 is 1.56 bits per heavy atom. The third-order valence-electron chi connectivity index (χ3n) is 1.86. The molecule has 0 bridgehead atoms. The van der Waals surface area contributed by atoms with Crippen molar-refractivity contribution < 1.29 is 0 Å². The number of rotatable bonds is 2. The van der Waals surface area contributed by atoms with Crippen molar-refractivity contribution in [1.82, 2.24) is 10.6 Å². The van der Waals surface area contributed by atoms with Crippen LogP contribution in [-0.4, -0.2) is 26.2 Å². The van der Waals surface area contributed by atoms with Crippen molar-refractivity contribution in [2.45, 2.75) is 25.3 Å². The third-order valence-corrected chi connectivity index (χ3v) is 1.86. The highest BCUT2D eigenvalue weighted by Crippen LogP contribution is 2.04. The van der Waals surface area contributed by atoms with Gasteiger partial charge in [-0.1, -0.05) is 6.42 Å². The maximum Gasteiger partial charge on any atom is 0.0192 e. The van der Waals surface area contributed by atoms with Crippen LogP contribution < -0.4 is 10.6 Å². The van der Waals surface area contributed by atoms with E-state index in [2.05, 4.69) is 10.6 Å². The molecule has 0 saturated carbocycles. The molecule has 0 aromatic rings. The number of hydrogen-bond acceptors (Lipinski definition) is 2. The number of hydrogen-bond donors (Lipinski definition) is 2. The van der Waals surface area contributed by atoms with Crippen LogP contribution in [0.3, 0.4) is 0 Å². The second-order valence-electron chi connectivity index (χ2n) is 2.70. The molecule has 1 fully saturated rings. The summed E-state index contributed by atoms with van der Waals surface area (Å²) in [4.78, 5) is 0. The topological polar surface area (TPSA) is 24.1 Å². The first kappa shape index (κ1) is 7.03. The van der Waals surface area contributed by atoms with Gasteiger partial charge in [-0.25, -0.2) is 0 Å². The molecule has 9 heavy (non-hydrogen) atoms. The smallest absolute Gasteiger partial charge is 0.0192 e. The molecule has 1 saturated heterocycles. The van der Waals surface area contributed by atoms with Crippen LogP contribution >= 0.6 is 0 Å². The molecular formula is C7H16N2. The molecule has 1 aliphatic heterocycles. The Morgan fingerprint density at radius 3 is 3.00 bits per heavy atom. The average Bonchev–Trinajstić information content (AvgIpc) is 1.91. The van der Waals surface area contributed by atoms with E-state index < -0.39 is 0 Å². The van der Waals surface area contributed by atoms with Gasteiger partial charge in [0.05, 0.1) is 0 Å². The molecule has 0 amide bonds. The standard InChI is InChI=1S/C7H16N2/c1-8-6-7-4-2-3-5-9-7/h7-9H,2-6H2,1H3. The molecule has 0 aliphatic carbocycles. The van der Waals surface area contributed by atoms with Crippen molar-refractivity contribution in [2.24, 2.45) is 0 Å². The molecule has 1 aliphatic rings. The summed E-state index contributed by atoms with van der Waals surface area (Å²) in [5.41, 5.74) is 0. The summed E-state index contributed by atoms with van der Waals surface area (Å²) in [6.07, 6.45) is 4.11. The van der Waals surface area contributed by atoms with E-state index in [-0.39, 0.29) is 0 Å². The fourth-order valence-corrected chi connectivity index (χ4v) is 1.34. The van der Waals surface area contributed by atoms with Gasteiger partial charge in [0, 0.05) is 12.6 Å². The number of piperidine rings is 1. The molecule has 54 valence electrons. The summed E-state index contributed by atoms with van der Waals surface area (Å²) >= 11 is 0. The fraction of sp³-hybridized carbons (Fsp3) is 1.00. The molecule has 0 aromatic heterocycles. The van der Waals surface area contributed by atoms with Gasteiger partial charge >= 0.3 is 0 Å². The second-order valence-corrected chi connectivity index (χ2v) is 2.70. The molecule has 1 rings (SSSR count). The minimum atomic E-state index is 0.740. The maximum atomic E-state index is 3.46. The zero-order valence-electron chi connectivity index (χ0n) is 6.11. The molecule has 0 radical (unpaired) electrons. The van der Waals surface area contributed by atoms with Gasteiger partial charge in [-0.2, -0.15) is 0 Å². The molecule has 1 unspecified atom stereocenters. The van der Waals surface area contributed by atoms with Crippen molar-refractivity contribution in [3.63, 3.8) is 0 Å². The Hall–Kier alpha value is -0.0800. The van der Waals surface area contributed by atoms with E-state index in [1.54, 1.807) is 0 Å². The van der Waals surface area contributed by atoms with E-state index in [1.165, 1.54) is 25.8 Å². The van der Waals surface area contributed by atoms with Crippen LogP contribution in [0.4, 0.5) is 0 Å². The van der Waals surface area contributed by atoms with Crippen LogP contribution in [-0.2, 0) is 0 Å². The Labute approximate surface area is 57.0 Å². The van der Waals surface area contributed by atoms with E-state index in [9.17, 15) is 0 Å². The Balaban J connectivity index is 2.08. The molecular weight excluding hydrogens is 112 g/mol. The zero-order valence-corrected chi connectivity index (χ0v) is 6.11. The lowest BCUT2D eigenvalue weighted by molar-refractivity contribution is 0.392. The molecule has 2 nitrogen and oxygen atoms in total. The Bertz CT molecular complexity index is 64.6. The second kappa shape index (κ2) is 3.85. The van der Waals surface area contributed by atoms with Crippen LogP contribution in [0.15, 0.2) is 0 Å². The lowest BCUT2D eigenvalue weighted by Gasteiger charge is -2.22. The lowest BCUT2D eigenvalue weighted by atomic mass is 10.1. The van der Waals surface area contributed by atoms with E-state index in [1.807, 2.05) is 7.05 Å². The predicted molar refractivity (Wildman–Crippen MR) is 39.6 cm³/mol. The highest BCUT2D eigenvalue weighted by Gasteiger charge is 2.09. The Kier molecular flexibility index (Phi) is 3.01. The van der Waals surface area contributed by atoms with E-state index in [0.717, 1.165) is 12.6 Å². The summed E-state index contributed by atoms with van der Waals surface area (Å²) in [7, 11) is 2.01. The summed E-state index contributed by atoms with van der Waals surface area (Å²) in [6.45, 7) is 2.34. The van der Waals surface area contributed by atoms with Gasteiger partial charge in [-0.3, -0.25) is 0 Å². The highest BCUT2D eigenvalue weighted by atomic mass is 15.0. The summed E-state index contributed by atoms with van der Waals surface area (Å²) in [5.74, 6) is 0. The molecule has 2 N–H and O–H groups in total. The number of nitrogens with one attached hydrogen (secondary N) is 2. The first-order valence-corrected chi connectivity index (χ1v) is 3.81. The van der Waals surface area contributed by atoms with Gasteiger partial charge in [0.2, 0.25) is 0 Å². The monoisotopic (exact) mass is 128 g/mol. The summed E-state index contributed by atoms with van der Waals surface area (Å²) < 4.78 is 0. The molecule has 0 spiro atoms. The van der Waals surface area contributed by atoms with Crippen LogP contribution in [0.5, 0.6) is 0 Å². The largest absolute Gasteiger partial charge is 0.318 e. The fourth-order valence-electron chi connectivity index (χ4n) is 1.34. The molecule has 1 heterocycles. The molecule has 0 aromatic carbocycles. The minimum Gasteiger partial charge on any atom is -0.318 e. The van der Waals surface area contributed by atoms with Crippen molar-refractivity contribution in [2.75, 3.05) is 20.1 Å². The van der Waals surface area contributed by atoms with Crippen molar-refractivity contribution in [1.29, 1.82) is 0 Å². The predicted octanol–water partition coefficient (Wildman–Crippen LogP) is 0.348. The third kappa shape index (κ3) is 2.33. The van der Waals surface area contributed by atoms with E-state index >= 15 is 0 Å². The SMILES string of the molecule is CNCC1CCCCN1.